The molecule has 0 saturated carbocycles. The van der Waals surface area contributed by atoms with Gasteiger partial charge in [0.15, 0.2) is 0 Å². The number of ketones is 1. The van der Waals surface area contributed by atoms with Gasteiger partial charge in [0.05, 0.1) is 24.0 Å². The molecule has 18 heavy (non-hydrogen) atoms. The molecule has 94 valence electrons. The summed E-state index contributed by atoms with van der Waals surface area (Å²) < 4.78 is 0. The molecule has 0 aliphatic carbocycles. The molecular formula is C13H15N3O2. The number of hydrogen-bond acceptors (Lipinski definition) is 3. The molecule has 0 aliphatic heterocycles. The van der Waals surface area contributed by atoms with E-state index in [1.807, 2.05) is 24.3 Å². The molecular weight excluding hydrogens is 230 g/mol. The maximum atomic E-state index is 11.6. The van der Waals surface area contributed by atoms with Gasteiger partial charge in [-0.05, 0) is 19.1 Å². The van der Waals surface area contributed by atoms with Gasteiger partial charge in [-0.15, -0.1) is 0 Å². The molecule has 0 bridgehead atoms. The number of fused-ring (bicyclic) bond motifs is 1. The number of H-pyrrole nitrogens is 1. The lowest BCUT2D eigenvalue weighted by atomic mass is 10.3. The van der Waals surface area contributed by atoms with E-state index in [4.69, 9.17) is 0 Å². The molecule has 1 aromatic heterocycles. The highest BCUT2D eigenvalue weighted by Gasteiger charge is 2.13. The molecule has 0 atom stereocenters. The summed E-state index contributed by atoms with van der Waals surface area (Å²) in [5.41, 5.74) is 1.82. The maximum absolute atomic E-state index is 11.6. The second-order valence-corrected chi connectivity index (χ2v) is 4.33. The summed E-state index contributed by atoms with van der Waals surface area (Å²) in [6, 6.07) is 7.68. The van der Waals surface area contributed by atoms with Crippen LogP contribution in [0.2, 0.25) is 0 Å². The Bertz CT molecular complexity index is 556. The zero-order valence-corrected chi connectivity index (χ0v) is 10.4. The first-order valence-corrected chi connectivity index (χ1v) is 5.73. The van der Waals surface area contributed by atoms with Gasteiger partial charge in [-0.3, -0.25) is 9.59 Å². The number of para-hydroxylation sites is 2. The fourth-order valence-electron chi connectivity index (χ4n) is 1.74. The first kappa shape index (κ1) is 12.3. The standard InChI is InChI=1S/C13H15N3O2/c1-9(17)7-13(18)16(2)8-12-14-10-5-3-4-6-11(10)15-12/h3-6H,7-8H2,1-2H3,(H,14,15). The molecule has 5 nitrogen and oxygen atoms in total. The van der Waals surface area contributed by atoms with Crippen molar-refractivity contribution < 1.29 is 9.59 Å². The van der Waals surface area contributed by atoms with Crippen molar-refractivity contribution in [2.75, 3.05) is 7.05 Å². The quantitative estimate of drug-likeness (QED) is 0.830. The minimum absolute atomic E-state index is 0.0588. The number of amides is 1. The number of imidazole rings is 1. The molecule has 0 aliphatic rings. The number of aromatic nitrogens is 2. The fraction of sp³-hybridized carbons (Fsp3) is 0.308. The Balaban J connectivity index is 2.09. The highest BCUT2D eigenvalue weighted by molar-refractivity contribution is 5.96. The number of carbonyl (C=O) groups is 2. The Kier molecular flexibility index (Phi) is 3.41. The lowest BCUT2D eigenvalue weighted by Gasteiger charge is -2.14. The van der Waals surface area contributed by atoms with E-state index < -0.39 is 0 Å². The Morgan fingerprint density at radius 2 is 2.06 bits per heavy atom. The molecule has 0 spiro atoms. The van der Waals surface area contributed by atoms with Crippen LogP contribution in [0.5, 0.6) is 0 Å². The normalized spacial score (nSPS) is 10.6. The third-order valence-electron chi connectivity index (χ3n) is 2.65. The van der Waals surface area contributed by atoms with Crippen LogP contribution in [0.25, 0.3) is 11.0 Å². The summed E-state index contributed by atoms with van der Waals surface area (Å²) in [6.07, 6.45) is -0.0588. The molecule has 1 heterocycles. The van der Waals surface area contributed by atoms with E-state index in [0.717, 1.165) is 16.9 Å². The number of nitrogens with one attached hydrogen (secondary N) is 1. The van der Waals surface area contributed by atoms with E-state index in [0.29, 0.717) is 6.54 Å². The van der Waals surface area contributed by atoms with Crippen LogP contribution in [0.1, 0.15) is 19.2 Å². The summed E-state index contributed by atoms with van der Waals surface area (Å²) in [5.74, 6) is 0.398. The van der Waals surface area contributed by atoms with Gasteiger partial charge in [0.2, 0.25) is 5.91 Å². The largest absolute Gasteiger partial charge is 0.340 e. The number of carbonyl (C=O) groups excluding carboxylic acids is 2. The minimum Gasteiger partial charge on any atom is -0.340 e. The van der Waals surface area contributed by atoms with Crippen molar-refractivity contribution in [1.82, 2.24) is 14.9 Å². The van der Waals surface area contributed by atoms with Crippen LogP contribution in [-0.4, -0.2) is 33.6 Å². The van der Waals surface area contributed by atoms with E-state index in [9.17, 15) is 9.59 Å². The molecule has 0 saturated heterocycles. The molecule has 2 rings (SSSR count). The lowest BCUT2D eigenvalue weighted by Crippen LogP contribution is -2.28. The molecule has 2 aromatic rings. The van der Waals surface area contributed by atoms with Crippen LogP contribution in [0.3, 0.4) is 0 Å². The van der Waals surface area contributed by atoms with Crippen molar-refractivity contribution in [3.63, 3.8) is 0 Å². The molecule has 0 radical (unpaired) electrons. The number of aromatic amines is 1. The zero-order valence-electron chi connectivity index (χ0n) is 10.4. The second-order valence-electron chi connectivity index (χ2n) is 4.33. The highest BCUT2D eigenvalue weighted by Crippen LogP contribution is 2.11. The lowest BCUT2D eigenvalue weighted by molar-refractivity contribution is -0.134. The average molecular weight is 245 g/mol. The van der Waals surface area contributed by atoms with E-state index in [2.05, 4.69) is 9.97 Å². The first-order chi connectivity index (χ1) is 8.56. The summed E-state index contributed by atoms with van der Waals surface area (Å²) in [5, 5.41) is 0. The second kappa shape index (κ2) is 5.00. The first-order valence-electron chi connectivity index (χ1n) is 5.73. The van der Waals surface area contributed by atoms with Crippen molar-refractivity contribution in [2.45, 2.75) is 19.9 Å². The van der Waals surface area contributed by atoms with Gasteiger partial charge >= 0.3 is 0 Å². The SMILES string of the molecule is CC(=O)CC(=O)N(C)Cc1nc2ccccc2[nH]1. The molecule has 0 unspecified atom stereocenters. The van der Waals surface area contributed by atoms with Gasteiger partial charge in [0.25, 0.3) is 0 Å². The highest BCUT2D eigenvalue weighted by atomic mass is 16.2. The Morgan fingerprint density at radius 1 is 1.33 bits per heavy atom. The van der Waals surface area contributed by atoms with Gasteiger partial charge < -0.3 is 9.88 Å². The van der Waals surface area contributed by atoms with E-state index in [-0.39, 0.29) is 18.1 Å². The minimum atomic E-state index is -0.192. The smallest absolute Gasteiger partial charge is 0.230 e. The van der Waals surface area contributed by atoms with Crippen molar-refractivity contribution in [3.05, 3.63) is 30.1 Å². The predicted octanol–water partition coefficient (Wildman–Crippen LogP) is 1.50. The number of rotatable bonds is 4. The van der Waals surface area contributed by atoms with Crippen molar-refractivity contribution in [3.8, 4) is 0 Å². The van der Waals surface area contributed by atoms with Gasteiger partial charge in [-0.25, -0.2) is 4.98 Å². The van der Waals surface area contributed by atoms with Crippen LogP contribution in [0.15, 0.2) is 24.3 Å². The third kappa shape index (κ3) is 2.74. The third-order valence-corrected chi connectivity index (χ3v) is 2.65. The summed E-state index contributed by atoms with van der Waals surface area (Å²) in [6.45, 7) is 1.79. The van der Waals surface area contributed by atoms with Crippen molar-refractivity contribution in [2.24, 2.45) is 0 Å². The van der Waals surface area contributed by atoms with Crippen LogP contribution in [0.4, 0.5) is 0 Å². The fourth-order valence-corrected chi connectivity index (χ4v) is 1.74. The molecule has 5 heteroatoms. The summed E-state index contributed by atoms with van der Waals surface area (Å²) in [4.78, 5) is 31.5. The maximum Gasteiger partial charge on any atom is 0.230 e. The molecule has 1 amide bonds. The van der Waals surface area contributed by atoms with Gasteiger partial charge in [0, 0.05) is 7.05 Å². The van der Waals surface area contributed by atoms with Crippen LogP contribution in [-0.2, 0) is 16.1 Å². The van der Waals surface area contributed by atoms with Crippen LogP contribution < -0.4 is 0 Å². The summed E-state index contributed by atoms with van der Waals surface area (Å²) >= 11 is 0. The number of Topliss-reactive ketones (excluding diaryl/α,β-unsaturated/α-hetero) is 1. The van der Waals surface area contributed by atoms with Gasteiger partial charge in [-0.2, -0.15) is 0 Å². The van der Waals surface area contributed by atoms with Crippen molar-refractivity contribution >= 4 is 22.7 Å². The van der Waals surface area contributed by atoms with E-state index >= 15 is 0 Å². The Hall–Kier alpha value is -2.17. The number of benzene rings is 1. The average Bonchev–Trinajstić information content (AvgIpc) is 2.69. The van der Waals surface area contributed by atoms with Gasteiger partial charge in [-0.1, -0.05) is 12.1 Å². The van der Waals surface area contributed by atoms with Crippen LogP contribution >= 0.6 is 0 Å². The van der Waals surface area contributed by atoms with E-state index in [1.165, 1.54) is 11.8 Å². The molecule has 0 fully saturated rings. The van der Waals surface area contributed by atoms with Crippen molar-refractivity contribution in [1.29, 1.82) is 0 Å². The Labute approximate surface area is 105 Å². The topological polar surface area (TPSA) is 66.1 Å². The van der Waals surface area contributed by atoms with Crippen LogP contribution in [0, 0.1) is 0 Å². The monoisotopic (exact) mass is 245 g/mol. The zero-order chi connectivity index (χ0) is 13.1. The molecule has 1 aromatic carbocycles. The summed E-state index contributed by atoms with van der Waals surface area (Å²) in [7, 11) is 1.67. The number of nitrogens with zero attached hydrogens (tertiary/aromatic N) is 2. The van der Waals surface area contributed by atoms with E-state index in [1.54, 1.807) is 7.05 Å². The van der Waals surface area contributed by atoms with Gasteiger partial charge in [0.1, 0.15) is 11.6 Å². The molecule has 1 N–H and O–H groups in total. The number of hydrogen-bond donors (Lipinski definition) is 1. The Morgan fingerprint density at radius 3 is 2.72 bits per heavy atom. The predicted molar refractivity (Wildman–Crippen MR) is 67.9 cm³/mol.